The van der Waals surface area contributed by atoms with E-state index < -0.39 is 6.11 Å². The molecule has 0 fully saturated rings. The van der Waals surface area contributed by atoms with Crippen LogP contribution in [0.25, 0.3) is 22.0 Å². The van der Waals surface area contributed by atoms with Gasteiger partial charge in [0, 0.05) is 37.7 Å². The molecule has 1 amide bonds. The molecule has 1 aromatic heterocycles. The third kappa shape index (κ3) is 4.46. The van der Waals surface area contributed by atoms with Crippen LogP contribution >= 0.6 is 0 Å². The van der Waals surface area contributed by atoms with Gasteiger partial charge in [-0.25, -0.2) is 0 Å². The fraction of sp³-hybridized carbons (Fsp3) is 0.227. The van der Waals surface area contributed by atoms with Crippen molar-refractivity contribution in [2.75, 3.05) is 0 Å². The SMILES string of the molecule is C=CC(=O)NCc1cc(-c2ccc(OC(C)(F)F)cc2)c2ccn(C)c2c1CO. The lowest BCUT2D eigenvalue weighted by Crippen LogP contribution is -2.21. The van der Waals surface area contributed by atoms with Crippen molar-refractivity contribution in [3.05, 3.63) is 66.4 Å². The highest BCUT2D eigenvalue weighted by Gasteiger charge is 2.23. The van der Waals surface area contributed by atoms with Crippen molar-refractivity contribution in [3.8, 4) is 16.9 Å². The van der Waals surface area contributed by atoms with Gasteiger partial charge in [0.25, 0.3) is 0 Å². The summed E-state index contributed by atoms with van der Waals surface area (Å²) in [6, 6.07) is 10.2. The number of nitrogens with zero attached hydrogens (tertiary/aromatic N) is 1. The van der Waals surface area contributed by atoms with Crippen molar-refractivity contribution in [2.45, 2.75) is 26.2 Å². The van der Waals surface area contributed by atoms with E-state index in [1.54, 1.807) is 12.1 Å². The second-order valence-corrected chi connectivity index (χ2v) is 6.77. The summed E-state index contributed by atoms with van der Waals surface area (Å²) in [5, 5.41) is 13.6. The summed E-state index contributed by atoms with van der Waals surface area (Å²) < 4.78 is 32.6. The Kier molecular flexibility index (Phi) is 5.70. The molecule has 0 radical (unpaired) electrons. The van der Waals surface area contributed by atoms with Crippen LogP contribution in [0.5, 0.6) is 5.75 Å². The second-order valence-electron chi connectivity index (χ2n) is 6.77. The van der Waals surface area contributed by atoms with Crippen LogP contribution in [-0.2, 0) is 25.0 Å². The predicted molar refractivity (Wildman–Crippen MR) is 108 cm³/mol. The predicted octanol–water partition coefficient (Wildman–Crippen LogP) is 4.13. The van der Waals surface area contributed by atoms with Crippen LogP contribution in [0, 0.1) is 0 Å². The number of hydrogen-bond acceptors (Lipinski definition) is 3. The minimum atomic E-state index is -3.26. The van der Waals surface area contributed by atoms with Gasteiger partial charge in [-0.2, -0.15) is 8.78 Å². The number of rotatable bonds is 7. The molecule has 29 heavy (non-hydrogen) atoms. The Hall–Kier alpha value is -3.19. The normalized spacial score (nSPS) is 11.5. The van der Waals surface area contributed by atoms with Crippen LogP contribution < -0.4 is 10.1 Å². The lowest BCUT2D eigenvalue weighted by Gasteiger charge is -2.16. The number of aliphatic hydroxyl groups excluding tert-OH is 1. The summed E-state index contributed by atoms with van der Waals surface area (Å²) in [4.78, 5) is 11.6. The monoisotopic (exact) mass is 400 g/mol. The Morgan fingerprint density at radius 1 is 1.31 bits per heavy atom. The molecule has 7 heteroatoms. The van der Waals surface area contributed by atoms with Gasteiger partial charge in [-0.3, -0.25) is 4.79 Å². The third-order valence-corrected chi connectivity index (χ3v) is 4.61. The molecule has 0 aliphatic carbocycles. The van der Waals surface area contributed by atoms with Crippen molar-refractivity contribution in [1.29, 1.82) is 0 Å². The quantitative estimate of drug-likeness (QED) is 0.586. The smallest absolute Gasteiger partial charge is 0.394 e. The van der Waals surface area contributed by atoms with Crippen molar-refractivity contribution in [1.82, 2.24) is 9.88 Å². The number of fused-ring (bicyclic) bond motifs is 1. The summed E-state index contributed by atoms with van der Waals surface area (Å²) in [6.07, 6.45) is -0.190. The Morgan fingerprint density at radius 3 is 2.59 bits per heavy atom. The van der Waals surface area contributed by atoms with E-state index in [1.807, 2.05) is 29.9 Å². The molecule has 1 heterocycles. The number of carbonyl (C=O) groups excluding carboxylic acids is 1. The first kappa shape index (κ1) is 20.5. The van der Waals surface area contributed by atoms with E-state index in [9.17, 15) is 18.7 Å². The number of hydrogen-bond donors (Lipinski definition) is 2. The van der Waals surface area contributed by atoms with Gasteiger partial charge >= 0.3 is 6.11 Å². The number of amides is 1. The summed E-state index contributed by atoms with van der Waals surface area (Å²) in [5.74, 6) is -0.250. The molecular weight excluding hydrogens is 378 g/mol. The third-order valence-electron chi connectivity index (χ3n) is 4.61. The largest absolute Gasteiger partial charge is 0.433 e. The van der Waals surface area contributed by atoms with Gasteiger partial charge in [-0.15, -0.1) is 0 Å². The lowest BCUT2D eigenvalue weighted by atomic mass is 9.94. The molecule has 2 N–H and O–H groups in total. The number of aryl methyl sites for hydroxylation is 1. The van der Waals surface area contributed by atoms with Gasteiger partial charge in [0.05, 0.1) is 12.1 Å². The fourth-order valence-electron chi connectivity index (χ4n) is 3.35. The number of aliphatic hydroxyl groups is 1. The Balaban J connectivity index is 2.09. The number of aromatic nitrogens is 1. The number of halogens is 2. The summed E-state index contributed by atoms with van der Waals surface area (Å²) in [7, 11) is 1.87. The van der Waals surface area contributed by atoms with E-state index in [4.69, 9.17) is 0 Å². The average molecular weight is 400 g/mol. The Bertz CT molecular complexity index is 1050. The molecule has 5 nitrogen and oxygen atoms in total. The first-order chi connectivity index (χ1) is 13.7. The molecule has 3 rings (SSSR count). The lowest BCUT2D eigenvalue weighted by molar-refractivity contribution is -0.158. The number of benzene rings is 2. The number of alkyl halides is 2. The second kappa shape index (κ2) is 8.05. The summed E-state index contributed by atoms with van der Waals surface area (Å²) >= 11 is 0. The molecule has 0 aliphatic rings. The van der Waals surface area contributed by atoms with Crippen LogP contribution in [-0.4, -0.2) is 21.7 Å². The molecule has 0 unspecified atom stereocenters. The molecule has 152 valence electrons. The van der Waals surface area contributed by atoms with E-state index in [0.29, 0.717) is 12.5 Å². The molecule has 2 aromatic carbocycles. The zero-order valence-corrected chi connectivity index (χ0v) is 16.2. The van der Waals surface area contributed by atoms with E-state index in [-0.39, 0.29) is 24.8 Å². The Labute approximate surface area is 167 Å². The minimum Gasteiger partial charge on any atom is -0.433 e. The number of ether oxygens (including phenoxy) is 1. The molecule has 0 aliphatic heterocycles. The molecule has 0 atom stereocenters. The van der Waals surface area contributed by atoms with Gasteiger partial charge in [-0.1, -0.05) is 18.7 Å². The van der Waals surface area contributed by atoms with Crippen molar-refractivity contribution < 1.29 is 23.4 Å². The van der Waals surface area contributed by atoms with E-state index in [2.05, 4.69) is 16.6 Å². The summed E-state index contributed by atoms with van der Waals surface area (Å²) in [6.45, 7) is 4.16. The molecule has 3 aromatic rings. The molecule has 0 saturated heterocycles. The highest BCUT2D eigenvalue weighted by atomic mass is 19.3. The van der Waals surface area contributed by atoms with Crippen LogP contribution in [0.15, 0.2) is 55.3 Å². The summed E-state index contributed by atoms with van der Waals surface area (Å²) in [5.41, 5.74) is 3.97. The van der Waals surface area contributed by atoms with Gasteiger partial charge in [0.15, 0.2) is 0 Å². The first-order valence-corrected chi connectivity index (χ1v) is 9.01. The molecule has 0 bridgehead atoms. The van der Waals surface area contributed by atoms with Crippen LogP contribution in [0.3, 0.4) is 0 Å². The standard InChI is InChI=1S/C22H22F2N2O3/c1-4-20(28)25-12-15-11-18(17-9-10-26(3)21(17)19(15)13-27)14-5-7-16(8-6-14)29-22(2,23)24/h4-11,27H,1,12-13H2,2-3H3,(H,25,28). The van der Waals surface area contributed by atoms with Crippen molar-refractivity contribution in [3.63, 3.8) is 0 Å². The first-order valence-electron chi connectivity index (χ1n) is 9.01. The zero-order valence-electron chi connectivity index (χ0n) is 16.2. The van der Waals surface area contributed by atoms with Crippen LogP contribution in [0.2, 0.25) is 0 Å². The fourth-order valence-corrected chi connectivity index (χ4v) is 3.35. The van der Waals surface area contributed by atoms with Crippen molar-refractivity contribution in [2.24, 2.45) is 7.05 Å². The molecule has 0 spiro atoms. The average Bonchev–Trinajstić information content (AvgIpc) is 3.06. The maximum Gasteiger partial charge on any atom is 0.394 e. The van der Waals surface area contributed by atoms with E-state index in [0.717, 1.165) is 27.6 Å². The maximum atomic E-state index is 13.1. The van der Waals surface area contributed by atoms with Gasteiger partial charge in [-0.05, 0) is 47.0 Å². The van der Waals surface area contributed by atoms with Gasteiger partial charge < -0.3 is 19.7 Å². The van der Waals surface area contributed by atoms with Crippen LogP contribution in [0.4, 0.5) is 8.78 Å². The maximum absolute atomic E-state index is 13.1. The molecular formula is C22H22F2N2O3. The van der Waals surface area contributed by atoms with Gasteiger partial charge in [0.2, 0.25) is 5.91 Å². The van der Waals surface area contributed by atoms with Crippen LogP contribution in [0.1, 0.15) is 18.1 Å². The van der Waals surface area contributed by atoms with E-state index >= 15 is 0 Å². The minimum absolute atomic E-state index is 0.0657. The van der Waals surface area contributed by atoms with E-state index in [1.165, 1.54) is 18.2 Å². The highest BCUT2D eigenvalue weighted by molar-refractivity contribution is 5.98. The zero-order chi connectivity index (χ0) is 21.2. The van der Waals surface area contributed by atoms with Crippen molar-refractivity contribution >= 4 is 16.8 Å². The highest BCUT2D eigenvalue weighted by Crippen LogP contribution is 2.35. The Morgan fingerprint density at radius 2 is 2.00 bits per heavy atom. The topological polar surface area (TPSA) is 63.5 Å². The number of carbonyl (C=O) groups is 1. The molecule has 0 saturated carbocycles. The number of nitrogens with one attached hydrogen (secondary N) is 1. The van der Waals surface area contributed by atoms with Gasteiger partial charge in [0.1, 0.15) is 5.75 Å².